The van der Waals surface area contributed by atoms with Crippen molar-refractivity contribution in [2.24, 2.45) is 0 Å². The van der Waals surface area contributed by atoms with E-state index in [4.69, 9.17) is 11.6 Å². The molecular formula is C17H17ClF2N2O2S. The van der Waals surface area contributed by atoms with Gasteiger partial charge in [0.05, 0.1) is 5.02 Å². The van der Waals surface area contributed by atoms with Crippen molar-refractivity contribution >= 4 is 21.6 Å². The second-order valence-electron chi connectivity index (χ2n) is 5.82. The molecule has 0 bridgehead atoms. The van der Waals surface area contributed by atoms with Gasteiger partial charge in [0, 0.05) is 38.3 Å². The molecule has 0 saturated carbocycles. The highest BCUT2D eigenvalue weighted by Gasteiger charge is 2.30. The lowest BCUT2D eigenvalue weighted by Crippen LogP contribution is -2.48. The van der Waals surface area contributed by atoms with Crippen molar-refractivity contribution in [3.8, 4) is 0 Å². The first-order valence-electron chi connectivity index (χ1n) is 7.79. The molecule has 1 aliphatic heterocycles. The minimum atomic E-state index is -3.66. The summed E-state index contributed by atoms with van der Waals surface area (Å²) in [7, 11) is -3.66. The number of halogens is 3. The van der Waals surface area contributed by atoms with Crippen LogP contribution in [0.25, 0.3) is 0 Å². The number of sulfonamides is 1. The van der Waals surface area contributed by atoms with Crippen LogP contribution in [0.5, 0.6) is 0 Å². The zero-order chi connectivity index (χ0) is 18.0. The van der Waals surface area contributed by atoms with E-state index in [9.17, 15) is 17.2 Å². The molecular weight excluding hydrogens is 370 g/mol. The second kappa shape index (κ2) is 7.37. The Morgan fingerprint density at radius 3 is 2.32 bits per heavy atom. The Bertz CT molecular complexity index is 869. The quantitative estimate of drug-likeness (QED) is 0.810. The third-order valence-corrected chi connectivity index (χ3v) is 6.61. The highest BCUT2D eigenvalue weighted by atomic mass is 35.5. The Kier molecular flexibility index (Phi) is 5.38. The normalized spacial score (nSPS) is 16.9. The smallest absolute Gasteiger partial charge is 0.244 e. The van der Waals surface area contributed by atoms with Gasteiger partial charge in [-0.2, -0.15) is 4.31 Å². The largest absolute Gasteiger partial charge is 0.296 e. The molecule has 134 valence electrons. The van der Waals surface area contributed by atoms with Crippen molar-refractivity contribution in [3.05, 3.63) is 64.7 Å². The maximum Gasteiger partial charge on any atom is 0.244 e. The molecule has 1 fully saturated rings. The van der Waals surface area contributed by atoms with Crippen LogP contribution in [-0.2, 0) is 16.6 Å². The van der Waals surface area contributed by atoms with Gasteiger partial charge >= 0.3 is 0 Å². The Labute approximate surface area is 150 Å². The van der Waals surface area contributed by atoms with Crippen molar-refractivity contribution in [2.45, 2.75) is 11.4 Å². The summed E-state index contributed by atoms with van der Waals surface area (Å²) >= 11 is 6.00. The first-order chi connectivity index (χ1) is 11.9. The third-order valence-electron chi connectivity index (χ3n) is 4.21. The van der Waals surface area contributed by atoms with E-state index < -0.39 is 21.7 Å². The molecule has 0 aromatic heterocycles. The van der Waals surface area contributed by atoms with Gasteiger partial charge < -0.3 is 0 Å². The van der Waals surface area contributed by atoms with Crippen LogP contribution in [0.3, 0.4) is 0 Å². The monoisotopic (exact) mass is 386 g/mol. The van der Waals surface area contributed by atoms with Crippen LogP contribution in [0.4, 0.5) is 8.78 Å². The molecule has 0 aliphatic carbocycles. The van der Waals surface area contributed by atoms with E-state index in [2.05, 4.69) is 0 Å². The summed E-state index contributed by atoms with van der Waals surface area (Å²) in [6.07, 6.45) is 0. The second-order valence-corrected chi connectivity index (χ2v) is 8.14. The topological polar surface area (TPSA) is 40.6 Å². The molecule has 1 saturated heterocycles. The van der Waals surface area contributed by atoms with E-state index in [1.807, 2.05) is 4.90 Å². The zero-order valence-electron chi connectivity index (χ0n) is 13.3. The van der Waals surface area contributed by atoms with Gasteiger partial charge in [0.15, 0.2) is 11.6 Å². The van der Waals surface area contributed by atoms with Crippen LogP contribution in [-0.4, -0.2) is 43.8 Å². The summed E-state index contributed by atoms with van der Waals surface area (Å²) in [5.74, 6) is -1.73. The molecule has 25 heavy (non-hydrogen) atoms. The molecule has 0 unspecified atom stereocenters. The molecule has 0 atom stereocenters. The Morgan fingerprint density at radius 1 is 0.960 bits per heavy atom. The van der Waals surface area contributed by atoms with Crippen molar-refractivity contribution in [1.82, 2.24) is 9.21 Å². The minimum absolute atomic E-state index is 0.0845. The number of piperazine rings is 1. The van der Waals surface area contributed by atoms with Crippen molar-refractivity contribution in [2.75, 3.05) is 26.2 Å². The summed E-state index contributed by atoms with van der Waals surface area (Å²) in [5.41, 5.74) is 0.266. The van der Waals surface area contributed by atoms with E-state index >= 15 is 0 Å². The molecule has 2 aromatic carbocycles. The molecule has 0 spiro atoms. The molecule has 3 rings (SSSR count). The van der Waals surface area contributed by atoms with Gasteiger partial charge in [-0.15, -0.1) is 0 Å². The lowest BCUT2D eigenvalue weighted by molar-refractivity contribution is 0.179. The Hall–Kier alpha value is -1.54. The van der Waals surface area contributed by atoms with E-state index in [1.165, 1.54) is 28.6 Å². The maximum atomic E-state index is 13.8. The Morgan fingerprint density at radius 2 is 1.64 bits per heavy atom. The molecule has 1 aliphatic rings. The van der Waals surface area contributed by atoms with Crippen molar-refractivity contribution in [1.29, 1.82) is 0 Å². The predicted molar refractivity (Wildman–Crippen MR) is 91.8 cm³/mol. The summed E-state index contributed by atoms with van der Waals surface area (Å²) in [5, 5.41) is 0.187. The average Bonchev–Trinajstić information content (AvgIpc) is 2.60. The summed E-state index contributed by atoms with van der Waals surface area (Å²) in [6, 6.07) is 10.4. The summed E-state index contributed by atoms with van der Waals surface area (Å²) < 4.78 is 53.8. The van der Waals surface area contributed by atoms with Crippen molar-refractivity contribution in [3.63, 3.8) is 0 Å². The summed E-state index contributed by atoms with van der Waals surface area (Å²) in [4.78, 5) is 1.98. The Balaban J connectivity index is 1.68. The number of rotatable bonds is 4. The van der Waals surface area contributed by atoms with Gasteiger partial charge in [-0.25, -0.2) is 17.2 Å². The highest BCUT2D eigenvalue weighted by Crippen LogP contribution is 2.25. The first-order valence-corrected chi connectivity index (χ1v) is 9.61. The predicted octanol–water partition coefficient (Wildman–Crippen LogP) is 3.12. The molecule has 8 heteroatoms. The van der Waals surface area contributed by atoms with Crippen LogP contribution >= 0.6 is 11.6 Å². The number of hydrogen-bond donors (Lipinski definition) is 0. The van der Waals surface area contributed by atoms with Gasteiger partial charge in [0.1, 0.15) is 4.90 Å². The molecule has 0 amide bonds. The minimum Gasteiger partial charge on any atom is -0.296 e. The fraction of sp³-hybridized carbons (Fsp3) is 0.294. The molecule has 2 aromatic rings. The molecule has 1 heterocycles. The summed E-state index contributed by atoms with van der Waals surface area (Å²) in [6.45, 7) is 1.64. The van der Waals surface area contributed by atoms with Gasteiger partial charge in [-0.05, 0) is 18.2 Å². The van der Waals surface area contributed by atoms with Gasteiger partial charge in [0.2, 0.25) is 10.0 Å². The standard InChI is InChI=1S/C17H17ClF2N2O2S/c18-14-5-1-2-7-16(14)25(23,24)22-10-8-21(9-11-22)12-13-4-3-6-15(19)17(13)20/h1-7H,8-12H2. The molecule has 0 radical (unpaired) electrons. The van der Waals surface area contributed by atoms with Crippen molar-refractivity contribution < 1.29 is 17.2 Å². The number of benzene rings is 2. The first kappa shape index (κ1) is 18.3. The maximum absolute atomic E-state index is 13.8. The number of hydrogen-bond acceptors (Lipinski definition) is 3. The van der Waals surface area contributed by atoms with Gasteiger partial charge in [-0.1, -0.05) is 35.9 Å². The third kappa shape index (κ3) is 3.84. The average molecular weight is 387 g/mol. The number of nitrogens with zero attached hydrogens (tertiary/aromatic N) is 2. The molecule has 4 nitrogen and oxygen atoms in total. The van der Waals surface area contributed by atoms with E-state index in [-0.39, 0.29) is 35.1 Å². The van der Waals surface area contributed by atoms with E-state index in [0.29, 0.717) is 13.1 Å². The van der Waals surface area contributed by atoms with Crippen LogP contribution in [0.1, 0.15) is 5.56 Å². The lowest BCUT2D eigenvalue weighted by atomic mass is 10.2. The van der Waals surface area contributed by atoms with Crippen LogP contribution in [0.2, 0.25) is 5.02 Å². The zero-order valence-corrected chi connectivity index (χ0v) is 14.9. The fourth-order valence-corrected chi connectivity index (χ4v) is 4.75. The van der Waals surface area contributed by atoms with E-state index in [1.54, 1.807) is 12.1 Å². The highest BCUT2D eigenvalue weighted by molar-refractivity contribution is 7.89. The SMILES string of the molecule is O=S(=O)(c1ccccc1Cl)N1CCN(Cc2cccc(F)c2F)CC1. The van der Waals surface area contributed by atoms with Gasteiger partial charge in [-0.3, -0.25) is 4.90 Å². The van der Waals surface area contributed by atoms with Crippen LogP contribution < -0.4 is 0 Å². The van der Waals surface area contributed by atoms with Crippen LogP contribution in [0.15, 0.2) is 47.4 Å². The fourth-order valence-electron chi connectivity index (χ4n) is 2.83. The van der Waals surface area contributed by atoms with Gasteiger partial charge in [0.25, 0.3) is 0 Å². The molecule has 0 N–H and O–H groups in total. The van der Waals surface area contributed by atoms with Crippen LogP contribution in [0, 0.1) is 11.6 Å². The van der Waals surface area contributed by atoms with E-state index in [0.717, 1.165) is 6.07 Å². The lowest BCUT2D eigenvalue weighted by Gasteiger charge is -2.34.